The molecule has 156 valence electrons. The molecule has 0 bridgehead atoms. The average Bonchev–Trinajstić information content (AvgIpc) is 3.17. The quantitative estimate of drug-likeness (QED) is 0.478. The molecular weight excluding hydrogens is 354 g/mol. The van der Waals surface area contributed by atoms with Gasteiger partial charge in [-0.05, 0) is 38.8 Å². The molecule has 2 saturated heterocycles. The molecule has 2 fully saturated rings. The number of carboxylic acid groups (broad SMARTS) is 1. The van der Waals surface area contributed by atoms with Gasteiger partial charge in [0.15, 0.2) is 0 Å². The fourth-order valence-corrected chi connectivity index (χ4v) is 3.09. The molecule has 0 aromatic carbocycles. The monoisotopic (exact) mass is 387 g/mol. The van der Waals surface area contributed by atoms with Crippen LogP contribution in [-0.2, 0) is 23.9 Å². The number of likely N-dealkylation sites (N-methyl/N-ethyl adjacent to an activating group) is 1. The zero-order valence-corrected chi connectivity index (χ0v) is 16.8. The lowest BCUT2D eigenvalue weighted by molar-refractivity contribution is -0.164. The first-order chi connectivity index (χ1) is 12.6. The first-order valence-electron chi connectivity index (χ1n) is 9.35. The van der Waals surface area contributed by atoms with Gasteiger partial charge in [0.05, 0.1) is 12.5 Å². The van der Waals surface area contributed by atoms with Crippen LogP contribution < -0.4 is 16.0 Å². The second-order valence-corrected chi connectivity index (χ2v) is 7.71. The van der Waals surface area contributed by atoms with E-state index >= 15 is 0 Å². The maximum atomic E-state index is 11.9. The summed E-state index contributed by atoms with van der Waals surface area (Å²) in [6, 6.07) is -0.974. The van der Waals surface area contributed by atoms with Crippen LogP contribution >= 0.6 is 0 Å². The maximum absolute atomic E-state index is 11.9. The Hall–Kier alpha value is -1.71. The lowest BCUT2D eigenvalue weighted by Crippen LogP contribution is -2.48. The molecule has 27 heavy (non-hydrogen) atoms. The van der Waals surface area contributed by atoms with Gasteiger partial charge in [-0.3, -0.25) is 14.4 Å². The van der Waals surface area contributed by atoms with Gasteiger partial charge in [0.1, 0.15) is 12.1 Å². The van der Waals surface area contributed by atoms with Crippen molar-refractivity contribution in [1.82, 2.24) is 16.0 Å². The summed E-state index contributed by atoms with van der Waals surface area (Å²) in [6.07, 6.45) is 1.39. The predicted molar refractivity (Wildman–Crippen MR) is 99.0 cm³/mol. The van der Waals surface area contributed by atoms with E-state index in [1.54, 1.807) is 7.05 Å². The molecule has 0 aromatic heterocycles. The van der Waals surface area contributed by atoms with E-state index in [1.165, 1.54) is 0 Å². The summed E-state index contributed by atoms with van der Waals surface area (Å²) in [5.41, 5.74) is -0.222. The Bertz CT molecular complexity index is 514. The summed E-state index contributed by atoms with van der Waals surface area (Å²) in [6.45, 7) is 8.81. The molecule has 4 atom stereocenters. The van der Waals surface area contributed by atoms with Crippen molar-refractivity contribution in [1.29, 1.82) is 0 Å². The highest BCUT2D eigenvalue weighted by Crippen LogP contribution is 2.18. The van der Waals surface area contributed by atoms with Crippen LogP contribution in [0.25, 0.3) is 0 Å². The molecule has 9 heteroatoms. The lowest BCUT2D eigenvalue weighted by Gasteiger charge is -2.26. The zero-order valence-electron chi connectivity index (χ0n) is 16.8. The molecule has 2 rings (SSSR count). The second kappa shape index (κ2) is 10.6. The first kappa shape index (κ1) is 23.3. The summed E-state index contributed by atoms with van der Waals surface area (Å²) in [5, 5.41) is 17.3. The number of hydrogen-bond donors (Lipinski definition) is 4. The fraction of sp³-hybridized carbons (Fsp3) is 0.833. The third kappa shape index (κ3) is 7.43. The van der Waals surface area contributed by atoms with Crippen LogP contribution in [0.3, 0.4) is 0 Å². The van der Waals surface area contributed by atoms with Crippen molar-refractivity contribution in [2.24, 2.45) is 5.41 Å². The average molecular weight is 387 g/mol. The highest BCUT2D eigenvalue weighted by Gasteiger charge is 2.37. The van der Waals surface area contributed by atoms with E-state index in [-0.39, 0.29) is 35.8 Å². The Morgan fingerprint density at radius 1 is 1.41 bits per heavy atom. The van der Waals surface area contributed by atoms with Gasteiger partial charge in [-0.1, -0.05) is 20.8 Å². The third-order valence-corrected chi connectivity index (χ3v) is 4.40. The van der Waals surface area contributed by atoms with E-state index in [4.69, 9.17) is 14.6 Å². The molecule has 0 radical (unpaired) electrons. The third-order valence-electron chi connectivity index (χ3n) is 4.40. The van der Waals surface area contributed by atoms with E-state index in [9.17, 15) is 14.4 Å². The summed E-state index contributed by atoms with van der Waals surface area (Å²) < 4.78 is 10.3. The highest BCUT2D eigenvalue weighted by atomic mass is 16.7. The van der Waals surface area contributed by atoms with Gasteiger partial charge in [0.2, 0.25) is 12.2 Å². The van der Waals surface area contributed by atoms with Crippen LogP contribution in [-0.4, -0.2) is 67.6 Å². The van der Waals surface area contributed by atoms with Crippen LogP contribution in [0.2, 0.25) is 0 Å². The molecule has 2 heterocycles. The van der Waals surface area contributed by atoms with Gasteiger partial charge in [-0.2, -0.15) is 0 Å². The molecule has 2 aliphatic rings. The Balaban J connectivity index is 0.000000314. The number of cyclic esters (lactones) is 1. The molecule has 0 aliphatic carbocycles. The maximum Gasteiger partial charge on any atom is 0.321 e. The largest absolute Gasteiger partial charge is 0.480 e. The van der Waals surface area contributed by atoms with Crippen molar-refractivity contribution in [2.45, 2.75) is 71.4 Å². The molecule has 0 aromatic rings. The van der Waals surface area contributed by atoms with E-state index < -0.39 is 18.3 Å². The number of aliphatic carboxylic acids is 1. The normalized spacial score (nSPS) is 26.0. The van der Waals surface area contributed by atoms with Crippen molar-refractivity contribution < 1.29 is 29.0 Å². The van der Waals surface area contributed by atoms with Crippen LogP contribution in [0.1, 0.15) is 47.0 Å². The van der Waals surface area contributed by atoms with E-state index in [1.807, 2.05) is 27.7 Å². The summed E-state index contributed by atoms with van der Waals surface area (Å²) in [5.74, 6) is -1.20. The standard InChI is InChI=1S/C11H18N2O4.C7H15NO2/c1-2-16-11-8(6-9(14)17-11)13-10(15)7-4-3-5-12-7;1-7(2,3)5(8-4)6(9)10/h7-8,11-12H,2-6H2,1H3,(H,13,15);5,8H,1-4H3,(H,9,10)/t7-,8-,11+;5-/m01/s1. The van der Waals surface area contributed by atoms with Crippen molar-refractivity contribution in [3.63, 3.8) is 0 Å². The molecular formula is C18H33N3O6. The SMILES string of the molecule is CCO[C@@H]1OC(=O)C[C@@H]1NC(=O)[C@@H]1CCCN1.CN[C@H](C(=O)O)C(C)(C)C. The number of hydrogen-bond acceptors (Lipinski definition) is 7. The molecule has 9 nitrogen and oxygen atoms in total. The minimum Gasteiger partial charge on any atom is -0.480 e. The summed E-state index contributed by atoms with van der Waals surface area (Å²) >= 11 is 0. The van der Waals surface area contributed by atoms with E-state index in [2.05, 4.69) is 16.0 Å². The zero-order chi connectivity index (χ0) is 20.6. The van der Waals surface area contributed by atoms with Crippen molar-refractivity contribution in [2.75, 3.05) is 20.2 Å². The van der Waals surface area contributed by atoms with Crippen molar-refractivity contribution >= 4 is 17.8 Å². The van der Waals surface area contributed by atoms with Crippen LogP contribution in [0.15, 0.2) is 0 Å². The Labute approximate surface area is 160 Å². The molecule has 4 N–H and O–H groups in total. The van der Waals surface area contributed by atoms with Gasteiger partial charge < -0.3 is 30.5 Å². The van der Waals surface area contributed by atoms with Crippen LogP contribution in [0.5, 0.6) is 0 Å². The Morgan fingerprint density at radius 3 is 2.48 bits per heavy atom. The molecule has 0 spiro atoms. The van der Waals surface area contributed by atoms with Gasteiger partial charge in [0.25, 0.3) is 0 Å². The fourth-order valence-electron chi connectivity index (χ4n) is 3.09. The van der Waals surface area contributed by atoms with Gasteiger partial charge in [0, 0.05) is 6.61 Å². The van der Waals surface area contributed by atoms with Gasteiger partial charge >= 0.3 is 11.9 Å². The van der Waals surface area contributed by atoms with E-state index in [0.29, 0.717) is 6.61 Å². The smallest absolute Gasteiger partial charge is 0.321 e. The minimum atomic E-state index is -0.796. The lowest BCUT2D eigenvalue weighted by atomic mass is 9.87. The molecule has 0 unspecified atom stereocenters. The Kier molecular flexibility index (Phi) is 9.14. The van der Waals surface area contributed by atoms with Gasteiger partial charge in [-0.15, -0.1) is 0 Å². The van der Waals surface area contributed by atoms with Crippen molar-refractivity contribution in [3.05, 3.63) is 0 Å². The number of carbonyl (C=O) groups is 3. The van der Waals surface area contributed by atoms with Gasteiger partial charge in [-0.25, -0.2) is 0 Å². The number of carboxylic acids is 1. The van der Waals surface area contributed by atoms with Crippen LogP contribution in [0.4, 0.5) is 0 Å². The molecule has 1 amide bonds. The van der Waals surface area contributed by atoms with E-state index in [0.717, 1.165) is 19.4 Å². The number of rotatable bonds is 6. The highest BCUT2D eigenvalue weighted by molar-refractivity contribution is 5.83. The first-order valence-corrected chi connectivity index (χ1v) is 9.35. The van der Waals surface area contributed by atoms with Crippen LogP contribution in [0, 0.1) is 5.41 Å². The number of ether oxygens (including phenoxy) is 2. The summed E-state index contributed by atoms with van der Waals surface area (Å²) in [4.78, 5) is 33.5. The summed E-state index contributed by atoms with van der Waals surface area (Å²) in [7, 11) is 1.66. The molecule has 0 saturated carbocycles. The topological polar surface area (TPSA) is 126 Å². The minimum absolute atomic E-state index is 0.0736. The predicted octanol–water partition coefficient (Wildman–Crippen LogP) is 0.238. The number of esters is 1. The van der Waals surface area contributed by atoms with Crippen molar-refractivity contribution in [3.8, 4) is 0 Å². The number of carbonyl (C=O) groups excluding carboxylic acids is 2. The number of amides is 1. The Morgan fingerprint density at radius 2 is 2.07 bits per heavy atom. The molecule has 2 aliphatic heterocycles. The second-order valence-electron chi connectivity index (χ2n) is 7.71. The number of nitrogens with one attached hydrogen (secondary N) is 3.